The van der Waals surface area contributed by atoms with Gasteiger partial charge in [0.25, 0.3) is 0 Å². The van der Waals surface area contributed by atoms with Crippen molar-refractivity contribution in [3.05, 3.63) is 17.5 Å². The molecule has 0 aliphatic carbocycles. The maximum atomic E-state index is 11.8. The van der Waals surface area contributed by atoms with Gasteiger partial charge in [-0.3, -0.25) is 0 Å². The van der Waals surface area contributed by atoms with Crippen LogP contribution in [0, 0.1) is 12.8 Å². The average molecular weight is 292 g/mol. The van der Waals surface area contributed by atoms with Crippen LogP contribution < -0.4 is 10.6 Å². The second-order valence-electron chi connectivity index (χ2n) is 5.42. The molecule has 21 heavy (non-hydrogen) atoms. The smallest absolute Gasteiger partial charge is 0.341 e. The molecule has 1 unspecified atom stereocenters. The van der Waals surface area contributed by atoms with Crippen LogP contribution in [0.15, 0.2) is 6.20 Å². The highest BCUT2D eigenvalue weighted by molar-refractivity contribution is 5.90. The normalized spacial score (nSPS) is 18.6. The van der Waals surface area contributed by atoms with Gasteiger partial charge in [-0.1, -0.05) is 0 Å². The Morgan fingerprint density at radius 2 is 2.38 bits per heavy atom. The number of ether oxygens (including phenoxy) is 1. The fourth-order valence-corrected chi connectivity index (χ4v) is 2.73. The summed E-state index contributed by atoms with van der Waals surface area (Å²) >= 11 is 0. The first-order valence-electron chi connectivity index (χ1n) is 7.61. The van der Waals surface area contributed by atoms with E-state index in [1.54, 1.807) is 13.1 Å². The van der Waals surface area contributed by atoms with Gasteiger partial charge in [-0.05, 0) is 45.6 Å². The summed E-state index contributed by atoms with van der Waals surface area (Å²) < 4.78 is 5.00. The number of aromatic nitrogens is 2. The van der Waals surface area contributed by atoms with Gasteiger partial charge in [0, 0.05) is 19.3 Å². The number of aryl methyl sites for hydroxylation is 1. The van der Waals surface area contributed by atoms with Crippen LogP contribution >= 0.6 is 0 Å². The summed E-state index contributed by atoms with van der Waals surface area (Å²) in [6.45, 7) is 6.58. The van der Waals surface area contributed by atoms with Crippen molar-refractivity contribution < 1.29 is 9.53 Å². The topological polar surface area (TPSA) is 81.3 Å². The summed E-state index contributed by atoms with van der Waals surface area (Å²) in [7, 11) is 0. The molecular formula is C15H24N4O2. The Labute approximate surface area is 125 Å². The quantitative estimate of drug-likeness (QED) is 0.829. The van der Waals surface area contributed by atoms with Crippen LogP contribution in [0.25, 0.3) is 0 Å². The van der Waals surface area contributed by atoms with E-state index in [1.165, 1.54) is 6.42 Å². The fourth-order valence-electron chi connectivity index (χ4n) is 2.73. The number of carbonyl (C=O) groups is 1. The van der Waals surface area contributed by atoms with Gasteiger partial charge in [0.05, 0.1) is 17.9 Å². The number of rotatable bonds is 5. The predicted octanol–water partition coefficient (Wildman–Crippen LogP) is 1.53. The van der Waals surface area contributed by atoms with Gasteiger partial charge in [0.2, 0.25) is 5.95 Å². The number of carbonyl (C=O) groups excluding carboxylic acids is 1. The van der Waals surface area contributed by atoms with Crippen molar-refractivity contribution in [3.8, 4) is 0 Å². The molecule has 0 amide bonds. The van der Waals surface area contributed by atoms with Gasteiger partial charge < -0.3 is 15.4 Å². The van der Waals surface area contributed by atoms with Crippen LogP contribution in [0.1, 0.15) is 42.2 Å². The van der Waals surface area contributed by atoms with Gasteiger partial charge in [0.1, 0.15) is 0 Å². The van der Waals surface area contributed by atoms with E-state index in [1.807, 2.05) is 6.92 Å². The number of nitrogens with zero attached hydrogens (tertiary/aromatic N) is 3. The first-order valence-corrected chi connectivity index (χ1v) is 7.61. The maximum Gasteiger partial charge on any atom is 0.341 e. The number of anilines is 1. The predicted molar refractivity (Wildman–Crippen MR) is 81.3 cm³/mol. The zero-order valence-electron chi connectivity index (χ0n) is 12.8. The largest absolute Gasteiger partial charge is 0.462 e. The van der Waals surface area contributed by atoms with Crippen molar-refractivity contribution in [3.63, 3.8) is 0 Å². The summed E-state index contributed by atoms with van der Waals surface area (Å²) in [5, 5.41) is 0. The molecule has 0 aromatic carbocycles. The van der Waals surface area contributed by atoms with Crippen LogP contribution in [-0.2, 0) is 4.74 Å². The van der Waals surface area contributed by atoms with E-state index in [4.69, 9.17) is 10.5 Å². The summed E-state index contributed by atoms with van der Waals surface area (Å²) in [6.07, 6.45) is 4.96. The van der Waals surface area contributed by atoms with Crippen LogP contribution in [0.4, 0.5) is 5.95 Å². The molecule has 1 saturated heterocycles. The molecule has 0 bridgehead atoms. The van der Waals surface area contributed by atoms with E-state index < -0.39 is 0 Å². The van der Waals surface area contributed by atoms with Crippen molar-refractivity contribution in [2.45, 2.75) is 33.1 Å². The lowest BCUT2D eigenvalue weighted by atomic mass is 9.95. The van der Waals surface area contributed by atoms with Crippen molar-refractivity contribution in [2.75, 3.05) is 31.1 Å². The first-order chi connectivity index (χ1) is 10.2. The number of nitrogens with two attached hydrogens (primary N) is 1. The van der Waals surface area contributed by atoms with Crippen LogP contribution in [0.5, 0.6) is 0 Å². The summed E-state index contributed by atoms with van der Waals surface area (Å²) in [5.41, 5.74) is 6.76. The second-order valence-corrected chi connectivity index (χ2v) is 5.42. The van der Waals surface area contributed by atoms with Gasteiger partial charge >= 0.3 is 5.97 Å². The third-order valence-electron chi connectivity index (χ3n) is 3.84. The Morgan fingerprint density at radius 1 is 1.57 bits per heavy atom. The molecule has 0 radical (unpaired) electrons. The Kier molecular flexibility index (Phi) is 5.50. The molecular weight excluding hydrogens is 268 g/mol. The monoisotopic (exact) mass is 292 g/mol. The van der Waals surface area contributed by atoms with Gasteiger partial charge in [-0.15, -0.1) is 0 Å². The molecule has 116 valence electrons. The van der Waals surface area contributed by atoms with Crippen LogP contribution in [0.3, 0.4) is 0 Å². The van der Waals surface area contributed by atoms with E-state index >= 15 is 0 Å². The lowest BCUT2D eigenvalue weighted by Crippen LogP contribution is -2.37. The van der Waals surface area contributed by atoms with E-state index in [-0.39, 0.29) is 5.97 Å². The Bertz CT molecular complexity index is 491. The van der Waals surface area contributed by atoms with Gasteiger partial charge in [0.15, 0.2) is 0 Å². The van der Waals surface area contributed by atoms with Crippen molar-refractivity contribution in [1.29, 1.82) is 0 Å². The molecule has 2 rings (SSSR count). The summed E-state index contributed by atoms with van der Waals surface area (Å²) in [6, 6.07) is 0. The molecule has 2 heterocycles. The van der Waals surface area contributed by atoms with Crippen molar-refractivity contribution >= 4 is 11.9 Å². The number of piperidine rings is 1. The molecule has 1 atom stereocenters. The minimum atomic E-state index is -0.360. The summed E-state index contributed by atoms with van der Waals surface area (Å²) in [5.74, 6) is 0.945. The molecule has 1 aliphatic heterocycles. The molecule has 1 aliphatic rings. The minimum Gasteiger partial charge on any atom is -0.462 e. The van der Waals surface area contributed by atoms with Crippen LogP contribution in [-0.4, -0.2) is 42.2 Å². The van der Waals surface area contributed by atoms with E-state index in [9.17, 15) is 4.79 Å². The first kappa shape index (κ1) is 15.7. The Balaban J connectivity index is 2.10. The van der Waals surface area contributed by atoms with E-state index in [2.05, 4.69) is 14.9 Å². The minimum absolute atomic E-state index is 0.354. The van der Waals surface area contributed by atoms with Gasteiger partial charge in [-0.2, -0.15) is 0 Å². The standard InChI is InChI=1S/C15H24N4O2/c1-3-21-14(20)13-9-17-15(18-11(13)2)19-8-4-5-12(10-19)6-7-16/h9,12H,3-8,10,16H2,1-2H3. The second kappa shape index (κ2) is 7.36. The Hall–Kier alpha value is -1.69. The van der Waals surface area contributed by atoms with E-state index in [0.717, 1.165) is 32.5 Å². The number of hydrogen-bond acceptors (Lipinski definition) is 6. The SMILES string of the molecule is CCOC(=O)c1cnc(N2CCCC(CCN)C2)nc1C. The highest BCUT2D eigenvalue weighted by Gasteiger charge is 2.22. The molecule has 1 aromatic rings. The maximum absolute atomic E-state index is 11.8. The highest BCUT2D eigenvalue weighted by atomic mass is 16.5. The molecule has 0 spiro atoms. The molecule has 1 aromatic heterocycles. The average Bonchev–Trinajstić information content (AvgIpc) is 2.48. The van der Waals surface area contributed by atoms with E-state index in [0.29, 0.717) is 29.7 Å². The van der Waals surface area contributed by atoms with Crippen molar-refractivity contribution in [1.82, 2.24) is 9.97 Å². The molecule has 6 heteroatoms. The number of hydrogen-bond donors (Lipinski definition) is 1. The number of esters is 1. The third-order valence-corrected chi connectivity index (χ3v) is 3.84. The molecule has 1 fully saturated rings. The zero-order valence-corrected chi connectivity index (χ0v) is 12.8. The van der Waals surface area contributed by atoms with Crippen molar-refractivity contribution in [2.24, 2.45) is 11.7 Å². The lowest BCUT2D eigenvalue weighted by Gasteiger charge is -2.32. The zero-order chi connectivity index (χ0) is 15.2. The molecule has 0 saturated carbocycles. The summed E-state index contributed by atoms with van der Waals surface area (Å²) in [4.78, 5) is 22.8. The lowest BCUT2D eigenvalue weighted by molar-refractivity contribution is 0.0524. The molecule has 2 N–H and O–H groups in total. The molecule has 6 nitrogen and oxygen atoms in total. The Morgan fingerprint density at radius 3 is 3.05 bits per heavy atom. The third kappa shape index (κ3) is 3.91. The fraction of sp³-hybridized carbons (Fsp3) is 0.667. The van der Waals surface area contributed by atoms with Crippen LogP contribution in [0.2, 0.25) is 0 Å². The van der Waals surface area contributed by atoms with Gasteiger partial charge in [-0.25, -0.2) is 14.8 Å². The highest BCUT2D eigenvalue weighted by Crippen LogP contribution is 2.22.